The number of carbonyl (C=O) groups is 1. The average Bonchev–Trinajstić information content (AvgIpc) is 3.16. The van der Waals surface area contributed by atoms with Gasteiger partial charge >= 0.3 is 0 Å². The summed E-state index contributed by atoms with van der Waals surface area (Å²) >= 11 is 3.46. The standard InChI is InChI=1S/C21H13BrN4O/c22-15-4-1-5-16(10-15)25-20-14(11-23)12-24-21-18(20)7-2-8-19(21)26-9-3-6-17(26)13-27/h1-10,12-13H,(H,24,25). The zero-order valence-electron chi connectivity index (χ0n) is 14.1. The molecule has 0 amide bonds. The fraction of sp³-hybridized carbons (Fsp3) is 0. The van der Waals surface area contributed by atoms with Gasteiger partial charge in [-0.05, 0) is 36.4 Å². The van der Waals surface area contributed by atoms with Gasteiger partial charge in [0.1, 0.15) is 6.07 Å². The molecular weight excluding hydrogens is 404 g/mol. The third-order valence-electron chi connectivity index (χ3n) is 4.25. The molecule has 2 heterocycles. The van der Waals surface area contributed by atoms with E-state index in [-0.39, 0.29) is 0 Å². The number of benzene rings is 2. The zero-order chi connectivity index (χ0) is 18.8. The molecule has 2 aromatic heterocycles. The van der Waals surface area contributed by atoms with E-state index in [1.165, 1.54) is 0 Å². The number of nitrogens with one attached hydrogen (secondary N) is 1. The Morgan fingerprint density at radius 3 is 2.78 bits per heavy atom. The molecule has 1 N–H and O–H groups in total. The molecule has 0 saturated carbocycles. The van der Waals surface area contributed by atoms with Crippen molar-refractivity contribution in [3.05, 3.63) is 82.7 Å². The molecule has 0 fully saturated rings. The molecule has 0 aliphatic carbocycles. The number of halogens is 1. The van der Waals surface area contributed by atoms with Crippen molar-refractivity contribution in [2.75, 3.05) is 5.32 Å². The summed E-state index contributed by atoms with van der Waals surface area (Å²) in [6.07, 6.45) is 4.18. The van der Waals surface area contributed by atoms with Crippen LogP contribution in [0.1, 0.15) is 16.1 Å². The van der Waals surface area contributed by atoms with Gasteiger partial charge in [-0.1, -0.05) is 34.1 Å². The highest BCUT2D eigenvalue weighted by atomic mass is 79.9. The van der Waals surface area contributed by atoms with Crippen LogP contribution in [0.4, 0.5) is 11.4 Å². The van der Waals surface area contributed by atoms with Crippen LogP contribution in [0.15, 0.2) is 71.5 Å². The lowest BCUT2D eigenvalue weighted by Crippen LogP contribution is -2.02. The summed E-state index contributed by atoms with van der Waals surface area (Å²) < 4.78 is 2.73. The Hall–Kier alpha value is -3.43. The average molecular weight is 417 g/mol. The zero-order valence-corrected chi connectivity index (χ0v) is 15.6. The number of anilines is 2. The van der Waals surface area contributed by atoms with Crippen LogP contribution < -0.4 is 5.32 Å². The SMILES string of the molecule is N#Cc1cnc2c(-n3cccc3C=O)cccc2c1Nc1cccc(Br)c1. The number of fused-ring (bicyclic) bond motifs is 1. The van der Waals surface area contributed by atoms with E-state index in [4.69, 9.17) is 0 Å². The minimum Gasteiger partial charge on any atom is -0.354 e. The Morgan fingerprint density at radius 1 is 1.15 bits per heavy atom. The first-order valence-corrected chi connectivity index (χ1v) is 8.98. The van der Waals surface area contributed by atoms with Gasteiger partial charge in [0.2, 0.25) is 0 Å². The second-order valence-electron chi connectivity index (χ2n) is 5.89. The number of aldehydes is 1. The topological polar surface area (TPSA) is 70.7 Å². The molecule has 6 heteroatoms. The predicted molar refractivity (Wildman–Crippen MR) is 109 cm³/mol. The van der Waals surface area contributed by atoms with Gasteiger partial charge in [-0.2, -0.15) is 5.26 Å². The van der Waals surface area contributed by atoms with E-state index in [2.05, 4.69) is 32.3 Å². The first-order valence-electron chi connectivity index (χ1n) is 8.18. The van der Waals surface area contributed by atoms with E-state index in [0.717, 1.165) is 27.5 Å². The van der Waals surface area contributed by atoms with E-state index in [1.54, 1.807) is 16.8 Å². The van der Waals surface area contributed by atoms with Crippen LogP contribution in [-0.2, 0) is 0 Å². The molecule has 4 aromatic rings. The summed E-state index contributed by atoms with van der Waals surface area (Å²) in [5.74, 6) is 0. The molecule has 130 valence electrons. The summed E-state index contributed by atoms with van der Waals surface area (Å²) in [6, 6.07) is 19.2. The Bertz CT molecular complexity index is 1210. The van der Waals surface area contributed by atoms with Crippen molar-refractivity contribution < 1.29 is 4.79 Å². The van der Waals surface area contributed by atoms with Crippen molar-refractivity contribution in [2.45, 2.75) is 0 Å². The maximum Gasteiger partial charge on any atom is 0.166 e. The number of nitriles is 1. The van der Waals surface area contributed by atoms with E-state index in [1.807, 2.05) is 54.7 Å². The van der Waals surface area contributed by atoms with Crippen LogP contribution in [0, 0.1) is 11.3 Å². The van der Waals surface area contributed by atoms with Crippen molar-refractivity contribution >= 4 is 44.5 Å². The second kappa shape index (κ2) is 7.06. The maximum absolute atomic E-state index is 11.3. The Labute approximate surface area is 164 Å². The van der Waals surface area contributed by atoms with Crippen LogP contribution in [0.5, 0.6) is 0 Å². The predicted octanol–water partition coefficient (Wildman–Crippen LogP) is 5.22. The first kappa shape index (κ1) is 17.0. The Morgan fingerprint density at radius 2 is 2.00 bits per heavy atom. The summed E-state index contributed by atoms with van der Waals surface area (Å²) in [6.45, 7) is 0. The second-order valence-corrected chi connectivity index (χ2v) is 6.80. The monoisotopic (exact) mass is 416 g/mol. The van der Waals surface area contributed by atoms with Gasteiger partial charge in [0.15, 0.2) is 6.29 Å². The van der Waals surface area contributed by atoms with Crippen molar-refractivity contribution in [3.63, 3.8) is 0 Å². The largest absolute Gasteiger partial charge is 0.354 e. The number of nitrogens with zero attached hydrogens (tertiary/aromatic N) is 3. The minimum atomic E-state index is 0.447. The van der Waals surface area contributed by atoms with Crippen LogP contribution in [0.2, 0.25) is 0 Å². The molecule has 2 aromatic carbocycles. The fourth-order valence-corrected chi connectivity index (χ4v) is 3.44. The third kappa shape index (κ3) is 3.09. The molecule has 27 heavy (non-hydrogen) atoms. The van der Waals surface area contributed by atoms with Gasteiger partial charge < -0.3 is 9.88 Å². The van der Waals surface area contributed by atoms with Crippen molar-refractivity contribution in [1.29, 1.82) is 5.26 Å². The van der Waals surface area contributed by atoms with E-state index in [9.17, 15) is 10.1 Å². The van der Waals surface area contributed by atoms with Gasteiger partial charge in [-0.25, -0.2) is 0 Å². The quantitative estimate of drug-likeness (QED) is 0.463. The van der Waals surface area contributed by atoms with Gasteiger partial charge in [0.25, 0.3) is 0 Å². The highest BCUT2D eigenvalue weighted by molar-refractivity contribution is 9.10. The molecule has 5 nitrogen and oxygen atoms in total. The van der Waals surface area contributed by atoms with Crippen molar-refractivity contribution in [1.82, 2.24) is 9.55 Å². The lowest BCUT2D eigenvalue weighted by molar-refractivity contribution is 0.111. The molecule has 0 aliphatic rings. The normalized spacial score (nSPS) is 10.5. The first-order chi connectivity index (χ1) is 13.2. The number of pyridine rings is 1. The lowest BCUT2D eigenvalue weighted by atomic mass is 10.1. The third-order valence-corrected chi connectivity index (χ3v) is 4.74. The number of hydrogen-bond donors (Lipinski definition) is 1. The number of carbonyl (C=O) groups excluding carboxylic acids is 1. The van der Waals surface area contributed by atoms with E-state index in [0.29, 0.717) is 22.5 Å². The van der Waals surface area contributed by atoms with E-state index >= 15 is 0 Å². The molecule has 0 aliphatic heterocycles. The van der Waals surface area contributed by atoms with E-state index < -0.39 is 0 Å². The molecular formula is C21H13BrN4O. The van der Waals surface area contributed by atoms with Gasteiger partial charge in [0.05, 0.1) is 28.1 Å². The highest BCUT2D eigenvalue weighted by Crippen LogP contribution is 2.32. The molecule has 0 spiro atoms. The molecule has 4 rings (SSSR count). The highest BCUT2D eigenvalue weighted by Gasteiger charge is 2.14. The van der Waals surface area contributed by atoms with Gasteiger partial charge in [0, 0.05) is 27.9 Å². The Kier molecular flexibility index (Phi) is 4.45. The summed E-state index contributed by atoms with van der Waals surface area (Å²) in [7, 11) is 0. The number of rotatable bonds is 4. The maximum atomic E-state index is 11.3. The van der Waals surface area contributed by atoms with Crippen LogP contribution in [0.3, 0.4) is 0 Å². The summed E-state index contributed by atoms with van der Waals surface area (Å²) in [5, 5.41) is 13.7. The smallest absolute Gasteiger partial charge is 0.166 e. The van der Waals surface area contributed by atoms with Crippen LogP contribution in [-0.4, -0.2) is 15.8 Å². The number of aromatic nitrogens is 2. The number of hydrogen-bond acceptors (Lipinski definition) is 4. The fourth-order valence-electron chi connectivity index (χ4n) is 3.04. The van der Waals surface area contributed by atoms with Gasteiger partial charge in [-0.15, -0.1) is 0 Å². The molecule has 0 saturated heterocycles. The summed E-state index contributed by atoms with van der Waals surface area (Å²) in [4.78, 5) is 15.8. The van der Waals surface area contributed by atoms with Crippen LogP contribution >= 0.6 is 15.9 Å². The summed E-state index contributed by atoms with van der Waals surface area (Å²) in [5.41, 5.74) is 4.00. The number of para-hydroxylation sites is 1. The van der Waals surface area contributed by atoms with Crippen LogP contribution in [0.25, 0.3) is 16.6 Å². The van der Waals surface area contributed by atoms with Crippen molar-refractivity contribution in [2.24, 2.45) is 0 Å². The lowest BCUT2D eigenvalue weighted by Gasteiger charge is -2.14. The Balaban J connectivity index is 1.94. The molecule has 0 bridgehead atoms. The molecule has 0 radical (unpaired) electrons. The van der Waals surface area contributed by atoms with Crippen molar-refractivity contribution in [3.8, 4) is 11.8 Å². The molecule has 0 unspecified atom stereocenters. The van der Waals surface area contributed by atoms with Gasteiger partial charge in [-0.3, -0.25) is 9.78 Å². The molecule has 0 atom stereocenters. The minimum absolute atomic E-state index is 0.447.